The molecule has 8 heteroatoms. The average molecular weight is 347 g/mol. The molecule has 0 amide bonds. The fourth-order valence-corrected chi connectivity index (χ4v) is 2.22. The Morgan fingerprint density at radius 1 is 1.32 bits per heavy atom. The molecule has 0 saturated carbocycles. The van der Waals surface area contributed by atoms with Gasteiger partial charge in [0, 0.05) is 31.8 Å². The topological polar surface area (TPSA) is 93.8 Å². The van der Waals surface area contributed by atoms with Crippen molar-refractivity contribution in [2.24, 2.45) is 4.99 Å². The Bertz CT molecular complexity index is 699. The van der Waals surface area contributed by atoms with Gasteiger partial charge < -0.3 is 24.6 Å². The molecule has 0 spiro atoms. The number of methoxy groups -OCH3 is 1. The van der Waals surface area contributed by atoms with Gasteiger partial charge in [0.2, 0.25) is 5.89 Å². The van der Waals surface area contributed by atoms with Gasteiger partial charge in [-0.2, -0.15) is 4.98 Å². The lowest BCUT2D eigenvalue weighted by Crippen LogP contribution is -2.31. The number of rotatable bonds is 8. The van der Waals surface area contributed by atoms with Crippen molar-refractivity contribution >= 4 is 11.6 Å². The zero-order chi connectivity index (χ0) is 18.1. The van der Waals surface area contributed by atoms with E-state index < -0.39 is 0 Å². The van der Waals surface area contributed by atoms with Crippen molar-refractivity contribution in [1.29, 1.82) is 0 Å². The molecule has 2 rings (SSSR count). The van der Waals surface area contributed by atoms with Crippen LogP contribution in [0.25, 0.3) is 0 Å². The molecule has 0 aliphatic rings. The van der Waals surface area contributed by atoms with Gasteiger partial charge in [0.05, 0.1) is 13.7 Å². The second-order valence-electron chi connectivity index (χ2n) is 5.26. The lowest BCUT2D eigenvalue weighted by Gasteiger charge is -2.14. The number of hydrogen-bond donors (Lipinski definition) is 2. The number of hydrogen-bond acceptors (Lipinski definition) is 6. The van der Waals surface area contributed by atoms with E-state index in [1.165, 1.54) is 0 Å². The molecule has 1 heterocycles. The van der Waals surface area contributed by atoms with E-state index in [1.807, 2.05) is 32.0 Å². The van der Waals surface area contributed by atoms with Gasteiger partial charge >= 0.3 is 0 Å². The van der Waals surface area contributed by atoms with Gasteiger partial charge in [0.15, 0.2) is 23.3 Å². The summed E-state index contributed by atoms with van der Waals surface area (Å²) in [7, 11) is 3.34. The summed E-state index contributed by atoms with van der Waals surface area (Å²) in [4.78, 5) is 8.40. The number of aromatic nitrogens is 2. The first-order chi connectivity index (χ1) is 12.2. The highest BCUT2D eigenvalue weighted by molar-refractivity contribution is 5.93. The Kier molecular flexibility index (Phi) is 7.06. The highest BCUT2D eigenvalue weighted by atomic mass is 16.5. The minimum atomic E-state index is 0.589. The summed E-state index contributed by atoms with van der Waals surface area (Å²) >= 11 is 0. The van der Waals surface area contributed by atoms with Gasteiger partial charge in [-0.25, -0.2) is 0 Å². The summed E-state index contributed by atoms with van der Waals surface area (Å²) in [5.41, 5.74) is 0.862. The maximum absolute atomic E-state index is 5.52. The lowest BCUT2D eigenvalue weighted by atomic mass is 10.2. The molecule has 1 aromatic carbocycles. The van der Waals surface area contributed by atoms with Gasteiger partial charge in [0.1, 0.15) is 0 Å². The summed E-state index contributed by atoms with van der Waals surface area (Å²) in [5.74, 6) is 3.37. The first kappa shape index (κ1) is 18.6. The van der Waals surface area contributed by atoms with Crippen molar-refractivity contribution < 1.29 is 14.0 Å². The van der Waals surface area contributed by atoms with E-state index in [0.29, 0.717) is 35.8 Å². The van der Waals surface area contributed by atoms with Gasteiger partial charge in [-0.15, -0.1) is 0 Å². The van der Waals surface area contributed by atoms with Crippen LogP contribution in [-0.2, 0) is 6.42 Å². The Hall–Kier alpha value is -2.77. The minimum Gasteiger partial charge on any atom is -0.493 e. The molecular weight excluding hydrogens is 322 g/mol. The predicted octanol–water partition coefficient (Wildman–Crippen LogP) is 2.41. The molecule has 0 saturated heterocycles. The minimum absolute atomic E-state index is 0.589. The van der Waals surface area contributed by atoms with E-state index in [1.54, 1.807) is 14.2 Å². The van der Waals surface area contributed by atoms with Crippen molar-refractivity contribution in [3.05, 3.63) is 29.9 Å². The van der Waals surface area contributed by atoms with E-state index in [9.17, 15) is 0 Å². The van der Waals surface area contributed by atoms with Gasteiger partial charge in [-0.1, -0.05) is 5.16 Å². The number of nitrogens with one attached hydrogen (secondary N) is 2. The fraction of sp³-hybridized carbons (Fsp3) is 0.471. The SMILES string of the molecule is CCOc1ccc(NC(=NC)NCCCc2nc(C)no2)cc1OC. The first-order valence-corrected chi connectivity index (χ1v) is 8.24. The summed E-state index contributed by atoms with van der Waals surface area (Å²) in [6.07, 6.45) is 1.58. The molecule has 1 aromatic heterocycles. The van der Waals surface area contributed by atoms with Crippen molar-refractivity contribution in [2.45, 2.75) is 26.7 Å². The average Bonchev–Trinajstić information content (AvgIpc) is 3.04. The number of aliphatic imine (C=N–C) groups is 1. The van der Waals surface area contributed by atoms with E-state index in [0.717, 1.165) is 25.1 Å². The Morgan fingerprint density at radius 2 is 2.16 bits per heavy atom. The molecule has 136 valence electrons. The third kappa shape index (κ3) is 5.66. The zero-order valence-corrected chi connectivity index (χ0v) is 15.1. The molecule has 25 heavy (non-hydrogen) atoms. The third-order valence-electron chi connectivity index (χ3n) is 3.38. The number of ether oxygens (including phenoxy) is 2. The molecule has 0 aliphatic heterocycles. The number of nitrogens with zero attached hydrogens (tertiary/aromatic N) is 3. The molecular formula is C17H25N5O3. The lowest BCUT2D eigenvalue weighted by molar-refractivity contribution is 0.311. The van der Waals surface area contributed by atoms with E-state index in [4.69, 9.17) is 14.0 Å². The maximum atomic E-state index is 5.52. The summed E-state index contributed by atoms with van der Waals surface area (Å²) in [6, 6.07) is 5.66. The van der Waals surface area contributed by atoms with Gasteiger partial charge in [-0.05, 0) is 32.4 Å². The molecule has 8 nitrogen and oxygen atoms in total. The first-order valence-electron chi connectivity index (χ1n) is 8.24. The maximum Gasteiger partial charge on any atom is 0.226 e. The van der Waals surface area contributed by atoms with Gasteiger partial charge in [-0.3, -0.25) is 4.99 Å². The molecule has 0 aliphatic carbocycles. The number of benzene rings is 1. The van der Waals surface area contributed by atoms with Crippen molar-refractivity contribution in [3.8, 4) is 11.5 Å². The Morgan fingerprint density at radius 3 is 2.80 bits per heavy atom. The van der Waals surface area contributed by atoms with Crippen LogP contribution >= 0.6 is 0 Å². The highest BCUT2D eigenvalue weighted by Crippen LogP contribution is 2.30. The molecule has 0 unspecified atom stereocenters. The Labute approximate surface area is 147 Å². The third-order valence-corrected chi connectivity index (χ3v) is 3.38. The standard InChI is InChI=1S/C17H25N5O3/c1-5-24-14-9-8-13(11-15(14)23-4)21-17(18-3)19-10-6-7-16-20-12(2)22-25-16/h8-9,11H,5-7,10H2,1-4H3,(H2,18,19,21). The number of guanidine groups is 1. The molecule has 0 fully saturated rings. The van der Waals surface area contributed by atoms with Crippen LogP contribution in [0.5, 0.6) is 11.5 Å². The van der Waals surface area contributed by atoms with Crippen LogP contribution in [0.15, 0.2) is 27.7 Å². The monoisotopic (exact) mass is 347 g/mol. The normalized spacial score (nSPS) is 11.3. The highest BCUT2D eigenvalue weighted by Gasteiger charge is 2.07. The zero-order valence-electron chi connectivity index (χ0n) is 15.1. The quantitative estimate of drug-likeness (QED) is 0.430. The fourth-order valence-electron chi connectivity index (χ4n) is 2.22. The van der Waals surface area contributed by atoms with Crippen LogP contribution in [0.1, 0.15) is 25.1 Å². The van der Waals surface area contributed by atoms with Crippen LogP contribution in [-0.4, -0.2) is 43.4 Å². The predicted molar refractivity (Wildman–Crippen MR) is 96.5 cm³/mol. The molecule has 2 aromatic rings. The second kappa shape index (κ2) is 9.51. The van der Waals surface area contributed by atoms with Crippen LogP contribution in [0, 0.1) is 6.92 Å². The van der Waals surface area contributed by atoms with Crippen molar-refractivity contribution in [1.82, 2.24) is 15.5 Å². The molecule has 2 N–H and O–H groups in total. The smallest absolute Gasteiger partial charge is 0.226 e. The van der Waals surface area contributed by atoms with Crippen LogP contribution in [0.4, 0.5) is 5.69 Å². The largest absolute Gasteiger partial charge is 0.493 e. The molecule has 0 atom stereocenters. The summed E-state index contributed by atoms with van der Waals surface area (Å²) < 4.78 is 16.0. The number of aryl methyl sites for hydroxylation is 2. The Balaban J connectivity index is 1.84. The van der Waals surface area contributed by atoms with Crippen LogP contribution < -0.4 is 20.1 Å². The van der Waals surface area contributed by atoms with E-state index in [2.05, 4.69) is 25.8 Å². The van der Waals surface area contributed by atoms with Crippen LogP contribution in [0.3, 0.4) is 0 Å². The van der Waals surface area contributed by atoms with E-state index in [-0.39, 0.29) is 0 Å². The van der Waals surface area contributed by atoms with Crippen LogP contribution in [0.2, 0.25) is 0 Å². The summed E-state index contributed by atoms with van der Waals surface area (Å²) in [6.45, 7) is 5.07. The van der Waals surface area contributed by atoms with Gasteiger partial charge in [0.25, 0.3) is 0 Å². The molecule has 0 bridgehead atoms. The molecule has 0 radical (unpaired) electrons. The number of anilines is 1. The second-order valence-corrected chi connectivity index (χ2v) is 5.26. The van der Waals surface area contributed by atoms with Crippen molar-refractivity contribution in [2.75, 3.05) is 32.6 Å². The summed E-state index contributed by atoms with van der Waals surface area (Å²) in [5, 5.41) is 10.3. The van der Waals surface area contributed by atoms with E-state index >= 15 is 0 Å². The van der Waals surface area contributed by atoms with Crippen molar-refractivity contribution in [3.63, 3.8) is 0 Å².